The number of hydrogen-bond acceptors (Lipinski definition) is 5. The fourth-order valence-electron chi connectivity index (χ4n) is 4.55. The summed E-state index contributed by atoms with van der Waals surface area (Å²) in [5, 5.41) is 12.3. The van der Waals surface area contributed by atoms with Gasteiger partial charge in [-0.1, -0.05) is 18.2 Å². The van der Waals surface area contributed by atoms with Gasteiger partial charge in [0.15, 0.2) is 0 Å². The van der Waals surface area contributed by atoms with Gasteiger partial charge < -0.3 is 14.7 Å². The predicted octanol–water partition coefficient (Wildman–Crippen LogP) is 4.72. The molecule has 1 saturated carbocycles. The van der Waals surface area contributed by atoms with Crippen molar-refractivity contribution in [1.82, 2.24) is 9.80 Å². The summed E-state index contributed by atoms with van der Waals surface area (Å²) in [6.45, 7) is 1.61. The van der Waals surface area contributed by atoms with Crippen LogP contribution in [0.25, 0.3) is 5.70 Å². The average Bonchev–Trinajstić information content (AvgIpc) is 3.29. The van der Waals surface area contributed by atoms with Crippen LogP contribution in [-0.2, 0) is 9.59 Å². The molecule has 2 amide bonds. The summed E-state index contributed by atoms with van der Waals surface area (Å²) in [7, 11) is 0. The molecule has 184 valence electrons. The highest BCUT2D eigenvalue weighted by atomic mass is 32.2. The van der Waals surface area contributed by atoms with Gasteiger partial charge in [-0.25, -0.2) is 8.78 Å². The molecule has 0 N–H and O–H groups in total. The van der Waals surface area contributed by atoms with Crippen LogP contribution in [0.4, 0.5) is 14.5 Å². The van der Waals surface area contributed by atoms with Gasteiger partial charge in [-0.2, -0.15) is 5.26 Å². The zero-order chi connectivity index (χ0) is 25.2. The minimum absolute atomic E-state index is 0.0311. The lowest BCUT2D eigenvalue weighted by Gasteiger charge is -2.38. The van der Waals surface area contributed by atoms with Crippen LogP contribution in [0.1, 0.15) is 24.8 Å². The van der Waals surface area contributed by atoms with Gasteiger partial charge in [0.1, 0.15) is 28.3 Å². The van der Waals surface area contributed by atoms with Crippen LogP contribution in [0.15, 0.2) is 64.5 Å². The van der Waals surface area contributed by atoms with Gasteiger partial charge in [-0.3, -0.25) is 9.59 Å². The summed E-state index contributed by atoms with van der Waals surface area (Å²) in [5.41, 5.74) is 1.88. The molecule has 9 heteroatoms. The molecule has 36 heavy (non-hydrogen) atoms. The first-order valence-corrected chi connectivity index (χ1v) is 12.7. The van der Waals surface area contributed by atoms with E-state index in [0.29, 0.717) is 48.2 Å². The molecule has 2 heterocycles. The van der Waals surface area contributed by atoms with Gasteiger partial charge in [-0.15, -0.1) is 0 Å². The SMILES string of the molecule is N#C/C(C(=O)N1CCN(C(=O)C2CCC2)CC1)=C1/SC=C(c2ccc(F)cc2)N1c1ccc(F)cc1. The number of nitriles is 1. The van der Waals surface area contributed by atoms with Gasteiger partial charge in [0, 0.05) is 43.2 Å². The number of carbonyl (C=O) groups excluding carboxylic acids is 2. The number of thioether (sulfide) groups is 1. The lowest BCUT2D eigenvalue weighted by molar-refractivity contribution is -0.142. The number of amides is 2. The molecule has 0 spiro atoms. The molecule has 2 aliphatic heterocycles. The summed E-state index contributed by atoms with van der Waals surface area (Å²) in [4.78, 5) is 31.2. The van der Waals surface area contributed by atoms with E-state index in [-0.39, 0.29) is 23.2 Å². The average molecular weight is 507 g/mol. The van der Waals surface area contributed by atoms with Gasteiger partial charge in [0.2, 0.25) is 5.91 Å². The van der Waals surface area contributed by atoms with Crippen molar-refractivity contribution in [1.29, 1.82) is 5.26 Å². The van der Waals surface area contributed by atoms with Crippen molar-refractivity contribution in [3.8, 4) is 6.07 Å². The molecule has 2 fully saturated rings. The fourth-order valence-corrected chi connectivity index (χ4v) is 5.57. The second-order valence-corrected chi connectivity index (χ2v) is 9.84. The second kappa shape index (κ2) is 10.2. The molecule has 6 nitrogen and oxygen atoms in total. The smallest absolute Gasteiger partial charge is 0.267 e. The molecule has 2 aromatic carbocycles. The highest BCUT2D eigenvalue weighted by molar-refractivity contribution is 8.06. The molecule has 1 aliphatic carbocycles. The van der Waals surface area contributed by atoms with Crippen LogP contribution in [0, 0.1) is 28.9 Å². The standard InChI is InChI=1S/C27H24F2N4O2S/c28-20-6-4-18(5-7-20)24-17-36-27(33(24)22-10-8-21(29)9-11-22)23(16-30)26(35)32-14-12-31(13-15-32)25(34)19-2-1-3-19/h4-11,17,19H,1-3,12-15H2/b27-23-. The molecule has 0 bridgehead atoms. The van der Waals surface area contributed by atoms with Gasteiger partial charge in [0.25, 0.3) is 5.91 Å². The van der Waals surface area contributed by atoms with Gasteiger partial charge in [0.05, 0.1) is 5.70 Å². The molecule has 1 saturated heterocycles. The molecule has 3 aliphatic rings. The number of rotatable bonds is 4. The van der Waals surface area contributed by atoms with Crippen LogP contribution in [0.5, 0.6) is 0 Å². The van der Waals surface area contributed by atoms with Crippen molar-refractivity contribution in [3.05, 3.63) is 81.7 Å². The summed E-state index contributed by atoms with van der Waals surface area (Å²) < 4.78 is 27.2. The van der Waals surface area contributed by atoms with E-state index in [9.17, 15) is 23.6 Å². The van der Waals surface area contributed by atoms with E-state index in [1.54, 1.807) is 39.5 Å². The monoisotopic (exact) mass is 506 g/mol. The Morgan fingerprint density at radius 3 is 2.03 bits per heavy atom. The van der Waals surface area contributed by atoms with E-state index in [2.05, 4.69) is 6.07 Å². The van der Waals surface area contributed by atoms with Crippen LogP contribution >= 0.6 is 11.8 Å². The number of carbonyl (C=O) groups is 2. The predicted molar refractivity (Wildman–Crippen MR) is 134 cm³/mol. The Bertz CT molecular complexity index is 1270. The summed E-state index contributed by atoms with van der Waals surface area (Å²) >= 11 is 1.22. The molecule has 0 aromatic heterocycles. The first-order valence-electron chi connectivity index (χ1n) is 11.9. The highest BCUT2D eigenvalue weighted by Gasteiger charge is 2.35. The van der Waals surface area contributed by atoms with E-state index in [0.717, 1.165) is 19.3 Å². The topological polar surface area (TPSA) is 67.6 Å². The molecular formula is C27H24F2N4O2S. The van der Waals surface area contributed by atoms with Crippen molar-refractivity contribution in [2.45, 2.75) is 19.3 Å². The number of piperazine rings is 1. The zero-order valence-electron chi connectivity index (χ0n) is 19.5. The Labute approximate surface area is 212 Å². The normalized spacial score (nSPS) is 19.5. The van der Waals surface area contributed by atoms with Crippen molar-refractivity contribution < 1.29 is 18.4 Å². The first-order chi connectivity index (χ1) is 17.5. The molecular weight excluding hydrogens is 482 g/mol. The Kier molecular flexibility index (Phi) is 6.79. The third-order valence-corrected chi connectivity index (χ3v) is 7.77. The van der Waals surface area contributed by atoms with Crippen LogP contribution in [0.3, 0.4) is 0 Å². The maximum absolute atomic E-state index is 13.7. The largest absolute Gasteiger partial charge is 0.339 e. The third kappa shape index (κ3) is 4.61. The lowest BCUT2D eigenvalue weighted by Crippen LogP contribution is -2.53. The number of nitrogens with zero attached hydrogens (tertiary/aromatic N) is 4. The van der Waals surface area contributed by atoms with Crippen LogP contribution in [0.2, 0.25) is 0 Å². The highest BCUT2D eigenvalue weighted by Crippen LogP contribution is 2.44. The van der Waals surface area contributed by atoms with E-state index in [1.165, 1.54) is 36.0 Å². The molecule has 2 aromatic rings. The maximum Gasteiger partial charge on any atom is 0.267 e. The molecule has 0 atom stereocenters. The van der Waals surface area contributed by atoms with Crippen molar-refractivity contribution in [2.24, 2.45) is 5.92 Å². The van der Waals surface area contributed by atoms with Gasteiger partial charge >= 0.3 is 0 Å². The Morgan fingerprint density at radius 1 is 0.889 bits per heavy atom. The van der Waals surface area contributed by atoms with E-state index >= 15 is 0 Å². The number of halogens is 2. The number of anilines is 1. The molecule has 0 unspecified atom stereocenters. The fraction of sp³-hybridized carbons (Fsp3) is 0.296. The first kappa shape index (κ1) is 24.1. The maximum atomic E-state index is 13.7. The third-order valence-electron chi connectivity index (χ3n) is 6.82. The van der Waals surface area contributed by atoms with Crippen molar-refractivity contribution >= 4 is 35.0 Å². The van der Waals surface area contributed by atoms with E-state index in [1.807, 2.05) is 4.90 Å². The summed E-state index contributed by atoms with van der Waals surface area (Å²) in [6, 6.07) is 13.8. The van der Waals surface area contributed by atoms with Crippen LogP contribution in [-0.4, -0.2) is 47.8 Å². The van der Waals surface area contributed by atoms with Gasteiger partial charge in [-0.05, 0) is 66.9 Å². The molecule has 0 radical (unpaired) electrons. The minimum Gasteiger partial charge on any atom is -0.339 e. The summed E-state index contributed by atoms with van der Waals surface area (Å²) in [6.07, 6.45) is 2.95. The summed E-state index contributed by atoms with van der Waals surface area (Å²) in [5.74, 6) is -0.920. The molecule has 5 rings (SSSR count). The Hall–Kier alpha value is -3.64. The Balaban J connectivity index is 1.42. The quantitative estimate of drug-likeness (QED) is 0.443. The number of hydrogen-bond donors (Lipinski definition) is 0. The Morgan fingerprint density at radius 2 is 1.47 bits per heavy atom. The van der Waals surface area contributed by atoms with Crippen LogP contribution < -0.4 is 4.90 Å². The second-order valence-electron chi connectivity index (χ2n) is 8.98. The van der Waals surface area contributed by atoms with E-state index in [4.69, 9.17) is 0 Å². The lowest BCUT2D eigenvalue weighted by atomic mass is 9.84. The number of benzene rings is 2. The minimum atomic E-state index is -0.408. The van der Waals surface area contributed by atoms with Crippen molar-refractivity contribution in [3.63, 3.8) is 0 Å². The van der Waals surface area contributed by atoms with Crippen molar-refractivity contribution in [2.75, 3.05) is 31.1 Å². The zero-order valence-corrected chi connectivity index (χ0v) is 20.3. The van der Waals surface area contributed by atoms with E-state index < -0.39 is 11.7 Å².